The first-order chi connectivity index (χ1) is 9.54. The average Bonchev–Trinajstić information content (AvgIpc) is 2.44. The molecule has 21 heavy (non-hydrogen) atoms. The highest BCUT2D eigenvalue weighted by Gasteiger charge is 2.11. The molecule has 1 aromatic carbocycles. The van der Waals surface area contributed by atoms with E-state index in [-0.39, 0.29) is 24.2 Å². The lowest BCUT2D eigenvalue weighted by atomic mass is 10.2. The minimum atomic E-state index is -0.507. The molecule has 0 aliphatic rings. The van der Waals surface area contributed by atoms with Crippen LogP contribution >= 0.6 is 12.4 Å². The zero-order valence-electron chi connectivity index (χ0n) is 11.9. The number of carbonyl (C=O) groups is 2. The lowest BCUT2D eigenvalue weighted by Gasteiger charge is -2.11. The quantitative estimate of drug-likeness (QED) is 0.661. The van der Waals surface area contributed by atoms with Crippen LogP contribution in [0, 0.1) is 5.82 Å². The van der Waals surface area contributed by atoms with Gasteiger partial charge >= 0.3 is 0 Å². The number of carbonyl (C=O) groups excluding carboxylic acids is 2. The van der Waals surface area contributed by atoms with Crippen LogP contribution in [-0.2, 0) is 4.79 Å². The van der Waals surface area contributed by atoms with Crippen molar-refractivity contribution in [1.82, 2.24) is 10.6 Å². The van der Waals surface area contributed by atoms with E-state index in [1.165, 1.54) is 24.3 Å². The van der Waals surface area contributed by atoms with Crippen LogP contribution in [0.25, 0.3) is 0 Å². The minimum Gasteiger partial charge on any atom is -0.353 e. The summed E-state index contributed by atoms with van der Waals surface area (Å²) in [5.41, 5.74) is 6.02. The summed E-state index contributed by atoms with van der Waals surface area (Å²) < 4.78 is 12.7. The fraction of sp³-hybridized carbons (Fsp3) is 0.429. The zero-order chi connectivity index (χ0) is 15.0. The molecule has 0 saturated heterocycles. The summed E-state index contributed by atoms with van der Waals surface area (Å²) in [4.78, 5) is 23.2. The molecular weight excluding hydrogens is 297 g/mol. The van der Waals surface area contributed by atoms with Gasteiger partial charge in [0.1, 0.15) is 5.82 Å². The Morgan fingerprint density at radius 1 is 1.19 bits per heavy atom. The lowest BCUT2D eigenvalue weighted by molar-refractivity contribution is -0.122. The molecule has 0 saturated carbocycles. The predicted molar refractivity (Wildman–Crippen MR) is 81.9 cm³/mol. The van der Waals surface area contributed by atoms with Gasteiger partial charge in [-0.2, -0.15) is 0 Å². The van der Waals surface area contributed by atoms with E-state index in [0.29, 0.717) is 25.1 Å². The summed E-state index contributed by atoms with van der Waals surface area (Å²) in [6.45, 7) is 2.56. The number of benzene rings is 1. The summed E-state index contributed by atoms with van der Waals surface area (Å²) in [5, 5.41) is 5.27. The second-order valence-corrected chi connectivity index (χ2v) is 4.45. The summed E-state index contributed by atoms with van der Waals surface area (Å²) in [7, 11) is 0. The maximum absolute atomic E-state index is 12.7. The minimum absolute atomic E-state index is 0. The van der Waals surface area contributed by atoms with Gasteiger partial charge in [-0.25, -0.2) is 4.39 Å². The molecule has 0 heterocycles. The molecule has 1 rings (SSSR count). The van der Waals surface area contributed by atoms with Gasteiger partial charge in [0, 0.05) is 18.7 Å². The first-order valence-corrected chi connectivity index (χ1v) is 6.61. The van der Waals surface area contributed by atoms with Crippen LogP contribution in [-0.4, -0.2) is 30.9 Å². The van der Waals surface area contributed by atoms with Crippen molar-refractivity contribution in [2.45, 2.75) is 25.8 Å². The first kappa shape index (κ1) is 19.3. The van der Waals surface area contributed by atoms with E-state index in [1.807, 2.05) is 6.92 Å². The van der Waals surface area contributed by atoms with Crippen LogP contribution in [0.3, 0.4) is 0 Å². The summed E-state index contributed by atoms with van der Waals surface area (Å²) in [5.74, 6) is -0.918. The maximum Gasteiger partial charge on any atom is 0.251 e. The number of hydrogen-bond donors (Lipinski definition) is 3. The van der Waals surface area contributed by atoms with Crippen molar-refractivity contribution in [2.75, 3.05) is 13.1 Å². The van der Waals surface area contributed by atoms with Crippen molar-refractivity contribution in [3.05, 3.63) is 35.6 Å². The Kier molecular flexibility index (Phi) is 9.32. The van der Waals surface area contributed by atoms with Crippen LogP contribution in [0.2, 0.25) is 0 Å². The molecule has 2 amide bonds. The number of halogens is 2. The lowest BCUT2D eigenvalue weighted by Crippen LogP contribution is -2.43. The maximum atomic E-state index is 12.7. The van der Waals surface area contributed by atoms with Crippen molar-refractivity contribution in [1.29, 1.82) is 0 Å². The van der Waals surface area contributed by atoms with Gasteiger partial charge in [-0.3, -0.25) is 9.59 Å². The van der Waals surface area contributed by atoms with Gasteiger partial charge in [-0.1, -0.05) is 13.3 Å². The predicted octanol–water partition coefficient (Wildman–Crippen LogP) is 1.22. The number of nitrogens with one attached hydrogen (secondary N) is 2. The molecule has 0 aliphatic heterocycles. The molecule has 0 bridgehead atoms. The van der Waals surface area contributed by atoms with E-state index in [4.69, 9.17) is 5.73 Å². The molecule has 1 aromatic rings. The molecule has 1 unspecified atom stereocenters. The van der Waals surface area contributed by atoms with Crippen LogP contribution in [0.4, 0.5) is 4.39 Å². The van der Waals surface area contributed by atoms with Crippen molar-refractivity contribution >= 4 is 24.2 Å². The van der Waals surface area contributed by atoms with Gasteiger partial charge in [0.15, 0.2) is 0 Å². The van der Waals surface area contributed by atoms with Gasteiger partial charge < -0.3 is 16.4 Å². The summed E-state index contributed by atoms with van der Waals surface area (Å²) in [6, 6.07) is 4.75. The van der Waals surface area contributed by atoms with E-state index >= 15 is 0 Å². The van der Waals surface area contributed by atoms with E-state index < -0.39 is 11.9 Å². The fourth-order valence-corrected chi connectivity index (χ4v) is 1.64. The standard InChI is InChI=1S/C14H20FN3O2.ClH/c1-2-3-12(16)14(20)18-9-8-17-13(19)10-4-6-11(15)7-5-10;/h4-7,12H,2-3,8-9,16H2,1H3,(H,17,19)(H,18,20);1H. The Morgan fingerprint density at radius 2 is 1.76 bits per heavy atom. The molecule has 118 valence electrons. The monoisotopic (exact) mass is 317 g/mol. The van der Waals surface area contributed by atoms with E-state index in [0.717, 1.165) is 6.42 Å². The molecule has 4 N–H and O–H groups in total. The summed E-state index contributed by atoms with van der Waals surface area (Å²) in [6.07, 6.45) is 1.48. The zero-order valence-corrected chi connectivity index (χ0v) is 12.7. The van der Waals surface area contributed by atoms with Gasteiger partial charge in [0.2, 0.25) is 5.91 Å². The normalized spacial score (nSPS) is 11.2. The van der Waals surface area contributed by atoms with E-state index in [9.17, 15) is 14.0 Å². The Hall–Kier alpha value is -1.66. The van der Waals surface area contributed by atoms with Crippen molar-refractivity contribution < 1.29 is 14.0 Å². The highest BCUT2D eigenvalue weighted by atomic mass is 35.5. The van der Waals surface area contributed by atoms with Crippen molar-refractivity contribution in [2.24, 2.45) is 5.73 Å². The molecule has 5 nitrogen and oxygen atoms in total. The third-order valence-electron chi connectivity index (χ3n) is 2.75. The van der Waals surface area contributed by atoms with Crippen molar-refractivity contribution in [3.63, 3.8) is 0 Å². The Labute approximate surface area is 129 Å². The largest absolute Gasteiger partial charge is 0.353 e. The van der Waals surface area contributed by atoms with Crippen molar-refractivity contribution in [3.8, 4) is 0 Å². The SMILES string of the molecule is CCCC(N)C(=O)NCCNC(=O)c1ccc(F)cc1.Cl. The Morgan fingerprint density at radius 3 is 2.33 bits per heavy atom. The third-order valence-corrected chi connectivity index (χ3v) is 2.75. The first-order valence-electron chi connectivity index (χ1n) is 6.61. The van der Waals surface area contributed by atoms with Crippen LogP contribution < -0.4 is 16.4 Å². The highest BCUT2D eigenvalue weighted by Crippen LogP contribution is 2.01. The fourth-order valence-electron chi connectivity index (χ4n) is 1.64. The van der Waals surface area contributed by atoms with E-state index in [2.05, 4.69) is 10.6 Å². The Balaban J connectivity index is 0.00000400. The average molecular weight is 318 g/mol. The molecule has 1 atom stereocenters. The number of amides is 2. The molecule has 0 radical (unpaired) electrons. The van der Waals surface area contributed by atoms with Crippen LogP contribution in [0.5, 0.6) is 0 Å². The number of rotatable bonds is 7. The molecule has 0 aromatic heterocycles. The third kappa shape index (κ3) is 7.06. The second-order valence-electron chi connectivity index (χ2n) is 4.45. The molecule has 0 aliphatic carbocycles. The molecular formula is C14H21ClFN3O2. The number of nitrogens with two attached hydrogens (primary N) is 1. The van der Waals surface area contributed by atoms with E-state index in [1.54, 1.807) is 0 Å². The van der Waals surface area contributed by atoms with Crippen LogP contribution in [0.15, 0.2) is 24.3 Å². The molecule has 7 heteroatoms. The van der Waals surface area contributed by atoms with Gasteiger partial charge in [0.25, 0.3) is 5.91 Å². The molecule has 0 spiro atoms. The topological polar surface area (TPSA) is 84.2 Å². The molecule has 0 fully saturated rings. The van der Waals surface area contributed by atoms with Gasteiger partial charge in [0.05, 0.1) is 6.04 Å². The van der Waals surface area contributed by atoms with Gasteiger partial charge in [-0.05, 0) is 30.7 Å². The smallest absolute Gasteiger partial charge is 0.251 e. The summed E-state index contributed by atoms with van der Waals surface area (Å²) >= 11 is 0. The van der Waals surface area contributed by atoms with Gasteiger partial charge in [-0.15, -0.1) is 12.4 Å². The highest BCUT2D eigenvalue weighted by molar-refractivity contribution is 5.94. The van der Waals surface area contributed by atoms with Crippen LogP contribution in [0.1, 0.15) is 30.1 Å². The number of hydrogen-bond acceptors (Lipinski definition) is 3. The second kappa shape index (κ2) is 10.1. The Bertz CT molecular complexity index is 454.